The molecular weight excluding hydrogens is 152 g/mol. The zero-order valence-electron chi connectivity index (χ0n) is 7.02. The molecule has 0 aliphatic rings. The first-order valence-corrected chi connectivity index (χ1v) is 3.73. The van der Waals surface area contributed by atoms with Crippen molar-refractivity contribution in [3.05, 3.63) is 0 Å². The number of methoxy groups -OCH3 is 1. The summed E-state index contributed by atoms with van der Waals surface area (Å²) < 4.78 is 5.08. The molecular formula is C10H24O2. The van der Waals surface area contributed by atoms with Crippen LogP contribution in [0.15, 0.2) is 0 Å². The third-order valence-electron chi connectivity index (χ3n) is 1.46. The van der Waals surface area contributed by atoms with E-state index in [1.165, 1.54) is 0 Å². The Morgan fingerprint density at radius 3 is 2.17 bits per heavy atom. The Labute approximate surface area is 77.3 Å². The quantitative estimate of drug-likeness (QED) is 0.643. The highest BCUT2D eigenvalue weighted by molar-refractivity contribution is 5.75. The van der Waals surface area contributed by atoms with E-state index in [-0.39, 0.29) is 26.7 Å². The fraction of sp³-hybridized carbons (Fsp3) is 0.900. The maximum Gasteiger partial charge on any atom is 0.132 e. The summed E-state index contributed by atoms with van der Waals surface area (Å²) in [5.74, 6) is 0.209. The maximum absolute atomic E-state index is 10.6. The van der Waals surface area contributed by atoms with Crippen LogP contribution in [0.25, 0.3) is 0 Å². The van der Waals surface area contributed by atoms with Gasteiger partial charge in [0, 0.05) is 13.5 Å². The zero-order chi connectivity index (χ0) is 7.98. The molecule has 0 aromatic carbocycles. The van der Waals surface area contributed by atoms with Crippen molar-refractivity contribution >= 4 is 5.78 Å². The fourth-order valence-electron chi connectivity index (χ4n) is 0.946. The smallest absolute Gasteiger partial charge is 0.132 e. The molecule has 76 valence electrons. The monoisotopic (exact) mass is 176 g/mol. The normalized spacial score (nSPS) is 10.9. The molecule has 0 aliphatic heterocycles. The Balaban J connectivity index is -0.000000405. The van der Waals surface area contributed by atoms with Crippen LogP contribution in [0.5, 0.6) is 0 Å². The first kappa shape index (κ1) is 17.6. The lowest BCUT2D eigenvalue weighted by atomic mass is 10.1. The molecule has 2 nitrogen and oxygen atoms in total. The molecule has 0 rings (SSSR count). The van der Waals surface area contributed by atoms with Gasteiger partial charge in [0.25, 0.3) is 0 Å². The van der Waals surface area contributed by atoms with Crippen molar-refractivity contribution in [2.45, 2.75) is 54.1 Å². The fourth-order valence-corrected chi connectivity index (χ4v) is 0.946. The van der Waals surface area contributed by atoms with E-state index in [0.717, 1.165) is 12.8 Å². The summed E-state index contributed by atoms with van der Waals surface area (Å²) in [7, 11) is 1.66. The molecule has 0 bridgehead atoms. The van der Waals surface area contributed by atoms with Gasteiger partial charge < -0.3 is 4.74 Å². The lowest BCUT2D eigenvalue weighted by molar-refractivity contribution is -0.119. The summed E-state index contributed by atoms with van der Waals surface area (Å²) >= 11 is 0. The average molecular weight is 176 g/mol. The van der Waals surface area contributed by atoms with Gasteiger partial charge in [-0.1, -0.05) is 28.2 Å². The van der Waals surface area contributed by atoms with Gasteiger partial charge in [-0.15, -0.1) is 0 Å². The van der Waals surface area contributed by atoms with Crippen LogP contribution >= 0.6 is 0 Å². The van der Waals surface area contributed by atoms with Gasteiger partial charge in [-0.3, -0.25) is 4.79 Å². The van der Waals surface area contributed by atoms with Gasteiger partial charge in [0.2, 0.25) is 0 Å². The SMILES string of the molecule is C.C.CCCC(CC(C)=O)OC. The van der Waals surface area contributed by atoms with Crippen molar-refractivity contribution < 1.29 is 9.53 Å². The zero-order valence-corrected chi connectivity index (χ0v) is 7.02. The van der Waals surface area contributed by atoms with Crippen molar-refractivity contribution in [3.63, 3.8) is 0 Å². The summed E-state index contributed by atoms with van der Waals surface area (Å²) in [6.07, 6.45) is 2.76. The van der Waals surface area contributed by atoms with Gasteiger partial charge in [0.05, 0.1) is 6.10 Å². The number of Topliss-reactive ketones (excluding diaryl/α,β-unsaturated/α-hetero) is 1. The molecule has 0 N–H and O–H groups in total. The number of rotatable bonds is 5. The Hall–Kier alpha value is -0.370. The molecule has 0 heterocycles. The van der Waals surface area contributed by atoms with Crippen LogP contribution in [0.2, 0.25) is 0 Å². The van der Waals surface area contributed by atoms with Crippen molar-refractivity contribution in [2.75, 3.05) is 7.11 Å². The number of carbonyl (C=O) groups excluding carboxylic acids is 1. The minimum Gasteiger partial charge on any atom is -0.381 e. The third kappa shape index (κ3) is 9.63. The molecule has 1 atom stereocenters. The first-order chi connectivity index (χ1) is 4.70. The summed E-state index contributed by atoms with van der Waals surface area (Å²) in [5, 5.41) is 0. The van der Waals surface area contributed by atoms with Crippen molar-refractivity contribution in [2.24, 2.45) is 0 Å². The topological polar surface area (TPSA) is 26.3 Å². The van der Waals surface area contributed by atoms with Crippen LogP contribution in [0.1, 0.15) is 48.0 Å². The van der Waals surface area contributed by atoms with Crippen molar-refractivity contribution in [1.29, 1.82) is 0 Å². The molecule has 12 heavy (non-hydrogen) atoms. The second kappa shape index (κ2) is 10.6. The van der Waals surface area contributed by atoms with Crippen LogP contribution in [0.4, 0.5) is 0 Å². The highest BCUT2D eigenvalue weighted by Crippen LogP contribution is 2.05. The standard InChI is InChI=1S/C8H16O2.2CH4/c1-4-5-8(10-3)6-7(2)9;;/h8H,4-6H2,1-3H3;2*1H4. The number of ether oxygens (including phenoxy) is 1. The van der Waals surface area contributed by atoms with Gasteiger partial charge in [-0.25, -0.2) is 0 Å². The second-order valence-corrected chi connectivity index (χ2v) is 2.55. The molecule has 0 amide bonds. The van der Waals surface area contributed by atoms with E-state index in [1.807, 2.05) is 0 Å². The molecule has 0 aliphatic carbocycles. The minimum absolute atomic E-state index is 0. The minimum atomic E-state index is 0. The van der Waals surface area contributed by atoms with Crippen LogP contribution in [0.3, 0.4) is 0 Å². The van der Waals surface area contributed by atoms with Gasteiger partial charge in [-0.05, 0) is 13.3 Å². The third-order valence-corrected chi connectivity index (χ3v) is 1.46. The largest absolute Gasteiger partial charge is 0.381 e. The Morgan fingerprint density at radius 1 is 1.42 bits per heavy atom. The predicted octanol–water partition coefficient (Wildman–Crippen LogP) is 3.05. The molecule has 0 aromatic rings. The molecule has 2 heteroatoms. The summed E-state index contributed by atoms with van der Waals surface area (Å²) in [6, 6.07) is 0. The van der Waals surface area contributed by atoms with E-state index in [2.05, 4.69) is 6.92 Å². The summed E-state index contributed by atoms with van der Waals surface area (Å²) in [5.41, 5.74) is 0. The summed E-state index contributed by atoms with van der Waals surface area (Å²) in [4.78, 5) is 10.6. The van der Waals surface area contributed by atoms with Gasteiger partial charge >= 0.3 is 0 Å². The molecule has 1 unspecified atom stereocenters. The Bertz CT molecular complexity index is 100. The number of ketones is 1. The van der Waals surface area contributed by atoms with Crippen LogP contribution in [-0.4, -0.2) is 19.0 Å². The van der Waals surface area contributed by atoms with Gasteiger partial charge in [0.15, 0.2) is 0 Å². The van der Waals surface area contributed by atoms with Crippen LogP contribution in [-0.2, 0) is 9.53 Å². The molecule has 0 fully saturated rings. The molecule has 0 saturated carbocycles. The van der Waals surface area contributed by atoms with E-state index >= 15 is 0 Å². The van der Waals surface area contributed by atoms with E-state index < -0.39 is 0 Å². The van der Waals surface area contributed by atoms with Crippen molar-refractivity contribution in [1.82, 2.24) is 0 Å². The number of hydrogen-bond donors (Lipinski definition) is 0. The predicted molar refractivity (Wildman–Crippen MR) is 54.5 cm³/mol. The van der Waals surface area contributed by atoms with E-state index in [1.54, 1.807) is 14.0 Å². The molecule has 0 spiro atoms. The molecule has 0 saturated heterocycles. The lowest BCUT2D eigenvalue weighted by Gasteiger charge is -2.11. The first-order valence-electron chi connectivity index (χ1n) is 3.73. The van der Waals surface area contributed by atoms with Crippen LogP contribution < -0.4 is 0 Å². The number of hydrogen-bond acceptors (Lipinski definition) is 2. The van der Waals surface area contributed by atoms with E-state index in [4.69, 9.17) is 4.74 Å². The molecule has 0 aromatic heterocycles. The van der Waals surface area contributed by atoms with Crippen LogP contribution in [0, 0.1) is 0 Å². The van der Waals surface area contributed by atoms with Gasteiger partial charge in [0.1, 0.15) is 5.78 Å². The Kier molecular flexibility index (Phi) is 15.6. The molecule has 0 radical (unpaired) electrons. The van der Waals surface area contributed by atoms with Gasteiger partial charge in [-0.2, -0.15) is 0 Å². The second-order valence-electron chi connectivity index (χ2n) is 2.55. The van der Waals surface area contributed by atoms with Crippen molar-refractivity contribution in [3.8, 4) is 0 Å². The average Bonchev–Trinajstić information content (AvgIpc) is 1.86. The highest BCUT2D eigenvalue weighted by atomic mass is 16.5. The number of carbonyl (C=O) groups is 1. The lowest BCUT2D eigenvalue weighted by Crippen LogP contribution is -2.13. The Morgan fingerprint density at radius 2 is 1.92 bits per heavy atom. The summed E-state index contributed by atoms with van der Waals surface area (Å²) in [6.45, 7) is 3.69. The maximum atomic E-state index is 10.6. The highest BCUT2D eigenvalue weighted by Gasteiger charge is 2.07. The van der Waals surface area contributed by atoms with E-state index in [9.17, 15) is 4.79 Å². The van der Waals surface area contributed by atoms with E-state index in [0.29, 0.717) is 6.42 Å².